The Kier molecular flexibility index (Phi) is 4.97. The van der Waals surface area contributed by atoms with E-state index in [0.29, 0.717) is 11.4 Å². The zero-order valence-electron chi connectivity index (χ0n) is 11.9. The summed E-state index contributed by atoms with van der Waals surface area (Å²) in [6.07, 6.45) is 2.22. The summed E-state index contributed by atoms with van der Waals surface area (Å²) in [6, 6.07) is 13.7. The number of aryl methyl sites for hydroxylation is 2. The summed E-state index contributed by atoms with van der Waals surface area (Å²) in [7, 11) is 0. The third-order valence-corrected chi connectivity index (χ3v) is 3.75. The molecule has 1 nitrogen and oxygen atoms in total. The predicted octanol–water partition coefficient (Wildman–Crippen LogP) is 4.89. The molecule has 104 valence electrons. The van der Waals surface area contributed by atoms with Crippen molar-refractivity contribution in [3.05, 3.63) is 69.7 Å². The summed E-state index contributed by atoms with van der Waals surface area (Å²) in [5.41, 5.74) is 4.14. The molecule has 0 aliphatic heterocycles. The Morgan fingerprint density at radius 3 is 2.45 bits per heavy atom. The fourth-order valence-electron chi connectivity index (χ4n) is 2.34. The third kappa shape index (κ3) is 3.49. The van der Waals surface area contributed by atoms with E-state index in [-0.39, 0.29) is 5.78 Å². The van der Waals surface area contributed by atoms with Crippen LogP contribution in [0.4, 0.5) is 0 Å². The first-order valence-corrected chi connectivity index (χ1v) is 7.41. The van der Waals surface area contributed by atoms with Crippen molar-refractivity contribution in [2.75, 3.05) is 0 Å². The van der Waals surface area contributed by atoms with Crippen LogP contribution in [0.2, 0.25) is 5.02 Å². The average Bonchev–Trinajstić information content (AvgIpc) is 2.46. The number of rotatable bonds is 5. The first-order chi connectivity index (χ1) is 9.63. The van der Waals surface area contributed by atoms with Crippen LogP contribution in [-0.2, 0) is 19.3 Å². The number of carbonyl (C=O) groups is 1. The van der Waals surface area contributed by atoms with E-state index in [1.54, 1.807) is 0 Å². The van der Waals surface area contributed by atoms with E-state index in [1.807, 2.05) is 30.3 Å². The number of carbonyl (C=O) groups excluding carboxylic acids is 1. The van der Waals surface area contributed by atoms with Crippen LogP contribution in [0.15, 0.2) is 42.5 Å². The summed E-state index contributed by atoms with van der Waals surface area (Å²) >= 11 is 5.97. The van der Waals surface area contributed by atoms with Crippen LogP contribution in [-0.4, -0.2) is 5.78 Å². The van der Waals surface area contributed by atoms with E-state index in [4.69, 9.17) is 11.6 Å². The van der Waals surface area contributed by atoms with Crippen LogP contribution in [0.3, 0.4) is 0 Å². The second kappa shape index (κ2) is 6.71. The molecule has 0 amide bonds. The number of halogens is 1. The molecule has 0 spiro atoms. The lowest BCUT2D eigenvalue weighted by Gasteiger charge is -2.09. The first-order valence-electron chi connectivity index (χ1n) is 7.03. The van der Waals surface area contributed by atoms with Gasteiger partial charge in [0.2, 0.25) is 0 Å². The Bertz CT molecular complexity index is 617. The molecule has 0 bridgehead atoms. The van der Waals surface area contributed by atoms with Gasteiger partial charge in [-0.15, -0.1) is 0 Å². The quantitative estimate of drug-likeness (QED) is 0.715. The van der Waals surface area contributed by atoms with Gasteiger partial charge in [-0.25, -0.2) is 0 Å². The normalized spacial score (nSPS) is 10.6. The molecular weight excluding hydrogens is 268 g/mol. The lowest BCUT2D eigenvalue weighted by molar-refractivity contribution is 0.0992. The molecule has 2 aromatic rings. The lowest BCUT2D eigenvalue weighted by atomic mass is 9.94. The molecule has 0 saturated carbocycles. The van der Waals surface area contributed by atoms with Crippen molar-refractivity contribution in [1.82, 2.24) is 0 Å². The largest absolute Gasteiger partial charge is 0.294 e. The second-order valence-electron chi connectivity index (χ2n) is 4.93. The van der Waals surface area contributed by atoms with Crippen LogP contribution in [0, 0.1) is 0 Å². The Morgan fingerprint density at radius 1 is 1.00 bits per heavy atom. The van der Waals surface area contributed by atoms with E-state index < -0.39 is 0 Å². The van der Waals surface area contributed by atoms with E-state index in [1.165, 1.54) is 5.56 Å². The van der Waals surface area contributed by atoms with Crippen molar-refractivity contribution >= 4 is 17.4 Å². The fourth-order valence-corrected chi connectivity index (χ4v) is 2.55. The van der Waals surface area contributed by atoms with Gasteiger partial charge in [-0.1, -0.05) is 49.7 Å². The number of hydrogen-bond acceptors (Lipinski definition) is 1. The molecule has 0 aliphatic rings. The van der Waals surface area contributed by atoms with E-state index in [2.05, 4.69) is 26.0 Å². The SMILES string of the molecule is CCc1ccc(CC)c(C(=O)Cc2cccc(Cl)c2)c1. The number of benzene rings is 2. The molecule has 0 N–H and O–H groups in total. The molecule has 0 aliphatic carbocycles. The highest BCUT2D eigenvalue weighted by molar-refractivity contribution is 6.30. The molecule has 0 radical (unpaired) electrons. The molecule has 0 unspecified atom stereocenters. The van der Waals surface area contributed by atoms with Gasteiger partial charge < -0.3 is 0 Å². The highest BCUT2D eigenvalue weighted by Crippen LogP contribution is 2.18. The minimum atomic E-state index is 0.166. The smallest absolute Gasteiger partial charge is 0.167 e. The topological polar surface area (TPSA) is 17.1 Å². The standard InChI is InChI=1S/C18H19ClO/c1-3-13-8-9-15(4-2)17(11-13)18(20)12-14-6-5-7-16(19)10-14/h5-11H,3-4,12H2,1-2H3. The van der Waals surface area contributed by atoms with Gasteiger partial charge >= 0.3 is 0 Å². The van der Waals surface area contributed by atoms with Gasteiger partial charge in [0.15, 0.2) is 5.78 Å². The van der Waals surface area contributed by atoms with E-state index in [0.717, 1.165) is 29.5 Å². The van der Waals surface area contributed by atoms with Crippen LogP contribution in [0.1, 0.15) is 40.9 Å². The molecule has 2 heteroatoms. The van der Waals surface area contributed by atoms with Crippen molar-refractivity contribution in [2.24, 2.45) is 0 Å². The van der Waals surface area contributed by atoms with Gasteiger partial charge in [0, 0.05) is 17.0 Å². The summed E-state index contributed by atoms with van der Waals surface area (Å²) in [5, 5.41) is 0.674. The maximum atomic E-state index is 12.5. The molecule has 0 aromatic heterocycles. The Morgan fingerprint density at radius 2 is 1.80 bits per heavy atom. The van der Waals surface area contributed by atoms with Crippen LogP contribution >= 0.6 is 11.6 Å². The van der Waals surface area contributed by atoms with E-state index in [9.17, 15) is 4.79 Å². The monoisotopic (exact) mass is 286 g/mol. The zero-order valence-corrected chi connectivity index (χ0v) is 12.7. The fraction of sp³-hybridized carbons (Fsp3) is 0.278. The summed E-state index contributed by atoms with van der Waals surface area (Å²) in [4.78, 5) is 12.5. The summed E-state index contributed by atoms with van der Waals surface area (Å²) in [5.74, 6) is 0.166. The van der Waals surface area contributed by atoms with Gasteiger partial charge in [-0.2, -0.15) is 0 Å². The Labute approximate surface area is 125 Å². The van der Waals surface area contributed by atoms with E-state index >= 15 is 0 Å². The van der Waals surface area contributed by atoms with Crippen molar-refractivity contribution in [2.45, 2.75) is 33.1 Å². The van der Waals surface area contributed by atoms with Gasteiger partial charge in [0.1, 0.15) is 0 Å². The predicted molar refractivity (Wildman–Crippen MR) is 84.7 cm³/mol. The molecule has 0 fully saturated rings. The van der Waals surface area contributed by atoms with Crippen LogP contribution < -0.4 is 0 Å². The van der Waals surface area contributed by atoms with Gasteiger partial charge in [-0.3, -0.25) is 4.79 Å². The number of ketones is 1. The van der Waals surface area contributed by atoms with Crippen molar-refractivity contribution in [3.8, 4) is 0 Å². The minimum Gasteiger partial charge on any atom is -0.294 e. The second-order valence-corrected chi connectivity index (χ2v) is 5.36. The molecule has 0 heterocycles. The Hall–Kier alpha value is -1.60. The zero-order chi connectivity index (χ0) is 14.5. The van der Waals surface area contributed by atoms with Crippen molar-refractivity contribution < 1.29 is 4.79 Å². The number of Topliss-reactive ketones (excluding diaryl/α,β-unsaturated/α-hetero) is 1. The summed E-state index contributed by atoms with van der Waals surface area (Å²) in [6.45, 7) is 4.18. The van der Waals surface area contributed by atoms with Crippen LogP contribution in [0.5, 0.6) is 0 Å². The van der Waals surface area contributed by atoms with Gasteiger partial charge in [0.05, 0.1) is 0 Å². The first kappa shape index (κ1) is 14.8. The van der Waals surface area contributed by atoms with Gasteiger partial charge in [0.25, 0.3) is 0 Å². The minimum absolute atomic E-state index is 0.166. The Balaban J connectivity index is 2.28. The average molecular weight is 287 g/mol. The molecule has 0 saturated heterocycles. The summed E-state index contributed by atoms with van der Waals surface area (Å²) < 4.78 is 0. The molecule has 2 rings (SSSR count). The lowest BCUT2D eigenvalue weighted by Crippen LogP contribution is -2.07. The molecule has 0 atom stereocenters. The van der Waals surface area contributed by atoms with Crippen molar-refractivity contribution in [3.63, 3.8) is 0 Å². The maximum Gasteiger partial charge on any atom is 0.167 e. The van der Waals surface area contributed by atoms with Gasteiger partial charge in [-0.05, 0) is 47.7 Å². The maximum absolute atomic E-state index is 12.5. The third-order valence-electron chi connectivity index (χ3n) is 3.52. The van der Waals surface area contributed by atoms with Crippen LogP contribution in [0.25, 0.3) is 0 Å². The molecular formula is C18H19ClO. The van der Waals surface area contributed by atoms with Crippen molar-refractivity contribution in [1.29, 1.82) is 0 Å². The molecule has 2 aromatic carbocycles. The number of hydrogen-bond donors (Lipinski definition) is 0. The highest BCUT2D eigenvalue weighted by atomic mass is 35.5. The highest BCUT2D eigenvalue weighted by Gasteiger charge is 2.12. The molecule has 20 heavy (non-hydrogen) atoms.